The first-order valence-electron chi connectivity index (χ1n) is 9.18. The average molecular weight is 400 g/mol. The number of carbonyl (C=O) groups is 1. The van der Waals surface area contributed by atoms with Crippen LogP contribution in [0.4, 0.5) is 0 Å². The zero-order valence-corrected chi connectivity index (χ0v) is 16.4. The minimum atomic E-state index is -0.258. The molecule has 0 amide bonds. The first-order chi connectivity index (χ1) is 14.1. The summed E-state index contributed by atoms with van der Waals surface area (Å²) in [5.41, 5.74) is 1.48. The predicted molar refractivity (Wildman–Crippen MR) is 115 cm³/mol. The van der Waals surface area contributed by atoms with Crippen LogP contribution in [0, 0.1) is 6.92 Å². The molecule has 0 spiro atoms. The summed E-state index contributed by atoms with van der Waals surface area (Å²) in [5.74, 6) is 0.493. The van der Waals surface area contributed by atoms with Gasteiger partial charge in [0.05, 0.1) is 11.9 Å². The summed E-state index contributed by atoms with van der Waals surface area (Å²) in [6, 6.07) is 20.9. The topological polar surface area (TPSA) is 65.1 Å². The smallest absolute Gasteiger partial charge is 0.262 e. The van der Waals surface area contributed by atoms with Crippen LogP contribution in [0.2, 0.25) is 0 Å². The van der Waals surface area contributed by atoms with Crippen LogP contribution in [-0.2, 0) is 6.54 Å². The van der Waals surface area contributed by atoms with E-state index in [0.717, 1.165) is 15.8 Å². The van der Waals surface area contributed by atoms with Crippen LogP contribution < -0.4 is 5.56 Å². The van der Waals surface area contributed by atoms with Crippen LogP contribution >= 0.6 is 11.3 Å². The zero-order chi connectivity index (χ0) is 20.0. The average Bonchev–Trinajstić information content (AvgIpc) is 3.36. The van der Waals surface area contributed by atoms with Gasteiger partial charge in [-0.2, -0.15) is 0 Å². The Balaban J connectivity index is 1.54. The van der Waals surface area contributed by atoms with Crippen molar-refractivity contribution in [2.24, 2.45) is 0 Å². The Morgan fingerprint density at radius 1 is 1.07 bits per heavy atom. The molecule has 0 aliphatic carbocycles. The third-order valence-corrected chi connectivity index (χ3v) is 5.98. The Morgan fingerprint density at radius 3 is 2.62 bits per heavy atom. The maximum Gasteiger partial charge on any atom is 0.262 e. The molecule has 0 unspecified atom stereocenters. The number of nitrogens with zero attached hydrogens (tertiary/aromatic N) is 2. The second-order valence-electron chi connectivity index (χ2n) is 6.82. The number of hydrogen-bond acceptors (Lipinski definition) is 5. The number of aromatic nitrogens is 2. The molecule has 0 bridgehead atoms. The highest BCUT2D eigenvalue weighted by Gasteiger charge is 2.18. The molecule has 5 aromatic rings. The van der Waals surface area contributed by atoms with E-state index in [1.807, 2.05) is 60.7 Å². The quantitative estimate of drug-likeness (QED) is 0.396. The van der Waals surface area contributed by atoms with Crippen LogP contribution in [0.15, 0.2) is 75.9 Å². The van der Waals surface area contributed by atoms with E-state index in [4.69, 9.17) is 4.42 Å². The number of furan rings is 1. The number of benzene rings is 2. The minimum Gasteiger partial charge on any atom is -0.453 e. The van der Waals surface area contributed by atoms with Crippen molar-refractivity contribution in [3.63, 3.8) is 0 Å². The Bertz CT molecular complexity index is 1390. The predicted octanol–water partition coefficient (Wildman–Crippen LogP) is 5.06. The summed E-state index contributed by atoms with van der Waals surface area (Å²) >= 11 is 1.48. The van der Waals surface area contributed by atoms with E-state index in [1.165, 1.54) is 15.9 Å². The van der Waals surface area contributed by atoms with Gasteiger partial charge in [-0.15, -0.1) is 11.3 Å². The summed E-state index contributed by atoms with van der Waals surface area (Å²) in [5, 5.41) is 1.38. The molecule has 0 radical (unpaired) electrons. The Hall–Kier alpha value is -3.51. The number of thiophene rings is 1. The molecule has 0 saturated heterocycles. The fourth-order valence-electron chi connectivity index (χ4n) is 3.39. The Morgan fingerprint density at radius 2 is 1.83 bits per heavy atom. The lowest BCUT2D eigenvalue weighted by Gasteiger charge is -2.07. The summed E-state index contributed by atoms with van der Waals surface area (Å²) in [6.45, 7) is 1.64. The van der Waals surface area contributed by atoms with Gasteiger partial charge < -0.3 is 4.42 Å². The van der Waals surface area contributed by atoms with Crippen LogP contribution in [0.1, 0.15) is 16.4 Å². The number of ketones is 1. The molecule has 2 aromatic carbocycles. The van der Waals surface area contributed by atoms with Gasteiger partial charge >= 0.3 is 0 Å². The number of Topliss-reactive ketones (excluding diaryl/α,β-unsaturated/α-hetero) is 1. The lowest BCUT2D eigenvalue weighted by molar-refractivity contribution is 0.0944. The highest BCUT2D eigenvalue weighted by Crippen LogP contribution is 2.31. The van der Waals surface area contributed by atoms with Gasteiger partial charge in [0.25, 0.3) is 5.56 Å². The standard InChI is InChI=1S/C23H16N2O3S/c1-14-24-22-17(12-21(29-22)15-7-3-2-4-8-15)23(27)25(14)13-18(26)20-11-16-9-5-6-10-19(16)28-20/h2-12H,13H2,1H3. The molecule has 0 aliphatic rings. The molecular weight excluding hydrogens is 384 g/mol. The molecule has 0 atom stereocenters. The number of para-hydroxylation sites is 1. The second kappa shape index (κ2) is 6.83. The van der Waals surface area contributed by atoms with Crippen molar-refractivity contribution in [1.29, 1.82) is 0 Å². The monoisotopic (exact) mass is 400 g/mol. The molecule has 5 nitrogen and oxygen atoms in total. The molecule has 3 aromatic heterocycles. The minimum absolute atomic E-state index is 0.107. The highest BCUT2D eigenvalue weighted by atomic mass is 32.1. The van der Waals surface area contributed by atoms with Crippen molar-refractivity contribution in [2.75, 3.05) is 0 Å². The first kappa shape index (κ1) is 17.6. The zero-order valence-electron chi connectivity index (χ0n) is 15.6. The third-order valence-electron chi connectivity index (χ3n) is 4.90. The van der Waals surface area contributed by atoms with Crippen LogP contribution in [0.5, 0.6) is 0 Å². The normalized spacial score (nSPS) is 11.3. The van der Waals surface area contributed by atoms with E-state index >= 15 is 0 Å². The lowest BCUT2D eigenvalue weighted by Crippen LogP contribution is -2.27. The van der Waals surface area contributed by atoms with Crippen molar-refractivity contribution < 1.29 is 9.21 Å². The molecule has 6 heteroatoms. The number of fused-ring (bicyclic) bond motifs is 2. The maximum atomic E-state index is 13.1. The molecule has 142 valence electrons. The van der Waals surface area contributed by atoms with Crippen LogP contribution in [-0.4, -0.2) is 15.3 Å². The number of aryl methyl sites for hydroxylation is 1. The van der Waals surface area contributed by atoms with Crippen LogP contribution in [0.3, 0.4) is 0 Å². The number of carbonyl (C=O) groups excluding carboxylic acids is 1. The van der Waals surface area contributed by atoms with Crippen molar-refractivity contribution in [3.8, 4) is 10.4 Å². The number of hydrogen-bond donors (Lipinski definition) is 0. The van der Waals surface area contributed by atoms with Gasteiger partial charge in [0.1, 0.15) is 16.2 Å². The Labute approximate surface area is 169 Å². The number of rotatable bonds is 4. The van der Waals surface area contributed by atoms with Gasteiger partial charge in [-0.05, 0) is 30.7 Å². The van der Waals surface area contributed by atoms with Gasteiger partial charge in [-0.1, -0.05) is 48.5 Å². The SMILES string of the molecule is Cc1nc2sc(-c3ccccc3)cc2c(=O)n1CC(=O)c1cc2ccccc2o1. The summed E-state index contributed by atoms with van der Waals surface area (Å²) in [4.78, 5) is 32.1. The molecule has 0 saturated carbocycles. The van der Waals surface area contributed by atoms with Crippen molar-refractivity contribution in [3.05, 3.63) is 88.7 Å². The van der Waals surface area contributed by atoms with Gasteiger partial charge in [-0.25, -0.2) is 4.98 Å². The van der Waals surface area contributed by atoms with E-state index in [0.29, 0.717) is 21.6 Å². The van der Waals surface area contributed by atoms with Gasteiger partial charge in [0.15, 0.2) is 5.76 Å². The van der Waals surface area contributed by atoms with Crippen molar-refractivity contribution in [2.45, 2.75) is 13.5 Å². The van der Waals surface area contributed by atoms with E-state index in [2.05, 4.69) is 4.98 Å². The van der Waals surface area contributed by atoms with Crippen molar-refractivity contribution in [1.82, 2.24) is 9.55 Å². The van der Waals surface area contributed by atoms with Crippen molar-refractivity contribution >= 4 is 38.3 Å². The highest BCUT2D eigenvalue weighted by molar-refractivity contribution is 7.21. The van der Waals surface area contributed by atoms with E-state index < -0.39 is 0 Å². The molecular formula is C23H16N2O3S. The van der Waals surface area contributed by atoms with Gasteiger partial charge in [0.2, 0.25) is 5.78 Å². The summed E-state index contributed by atoms with van der Waals surface area (Å²) in [7, 11) is 0. The first-order valence-corrected chi connectivity index (χ1v) is 10.00. The van der Waals surface area contributed by atoms with Gasteiger partial charge in [-0.3, -0.25) is 14.2 Å². The molecule has 0 aliphatic heterocycles. The summed E-state index contributed by atoms with van der Waals surface area (Å²) < 4.78 is 7.06. The molecule has 3 heterocycles. The van der Waals surface area contributed by atoms with E-state index in [9.17, 15) is 9.59 Å². The molecule has 5 rings (SSSR count). The molecule has 29 heavy (non-hydrogen) atoms. The maximum absolute atomic E-state index is 13.1. The second-order valence-corrected chi connectivity index (χ2v) is 7.85. The lowest BCUT2D eigenvalue weighted by atomic mass is 10.2. The van der Waals surface area contributed by atoms with E-state index in [1.54, 1.807) is 13.0 Å². The van der Waals surface area contributed by atoms with Gasteiger partial charge in [0, 0.05) is 10.3 Å². The third kappa shape index (κ3) is 3.07. The molecule has 0 fully saturated rings. The Kier molecular flexibility index (Phi) is 4.14. The fraction of sp³-hybridized carbons (Fsp3) is 0.0870. The molecule has 0 N–H and O–H groups in total. The largest absolute Gasteiger partial charge is 0.453 e. The van der Waals surface area contributed by atoms with Crippen LogP contribution in [0.25, 0.3) is 31.6 Å². The van der Waals surface area contributed by atoms with E-state index in [-0.39, 0.29) is 23.6 Å². The summed E-state index contributed by atoms with van der Waals surface area (Å²) in [6.07, 6.45) is 0. The fourth-order valence-corrected chi connectivity index (χ4v) is 4.46.